The van der Waals surface area contributed by atoms with Gasteiger partial charge < -0.3 is 38.2 Å². The molecule has 0 unspecified atom stereocenters. The maximum Gasteiger partial charge on any atom is 0.427 e. The van der Waals surface area contributed by atoms with Gasteiger partial charge >= 0.3 is 24.3 Å². The van der Waals surface area contributed by atoms with Crippen LogP contribution in [0.25, 0.3) is 21.5 Å². The average molecular weight is 1650 g/mol. The van der Waals surface area contributed by atoms with Crippen LogP contribution in [-0.4, -0.2) is 179 Å². The zero-order valence-electron chi connectivity index (χ0n) is 75.7. The van der Waals surface area contributed by atoms with E-state index in [0.29, 0.717) is 72.9 Å². The Labute approximate surface area is 676 Å². The van der Waals surface area contributed by atoms with Crippen molar-refractivity contribution in [3.05, 3.63) is 72.8 Å². The lowest BCUT2D eigenvalue weighted by molar-refractivity contribution is -0.257. The first-order valence-corrected chi connectivity index (χ1v) is 41.4. The summed E-state index contributed by atoms with van der Waals surface area (Å²) in [5.41, 5.74) is -12.9. The molecule has 0 spiro atoms. The van der Waals surface area contributed by atoms with Gasteiger partial charge in [-0.2, -0.15) is 26.3 Å². The van der Waals surface area contributed by atoms with E-state index in [1.54, 1.807) is 88.4 Å². The van der Waals surface area contributed by atoms with Crippen molar-refractivity contribution in [1.29, 1.82) is 0 Å². The number of alkyl halides is 6. The number of hydrogen-bond donors (Lipinski definition) is 2. The third-order valence-corrected chi connectivity index (χ3v) is 26.4. The van der Waals surface area contributed by atoms with Gasteiger partial charge in [-0.05, 0) is 178 Å². The maximum absolute atomic E-state index is 15.0. The summed E-state index contributed by atoms with van der Waals surface area (Å²) >= 11 is 0. The van der Waals surface area contributed by atoms with Gasteiger partial charge in [-0.3, -0.25) is 47.8 Å². The molecule has 6 heterocycles. The molecule has 34 heteroatoms. The molecule has 4 amide bonds. The van der Waals surface area contributed by atoms with Gasteiger partial charge in [-0.15, -0.1) is 20.4 Å². The number of amides is 4. The second kappa shape index (κ2) is 33.9. The van der Waals surface area contributed by atoms with Crippen molar-refractivity contribution < 1.29 is 126 Å². The molecule has 0 bridgehead atoms. The molecule has 2 aromatic heterocycles. The van der Waals surface area contributed by atoms with E-state index in [1.807, 2.05) is 26.0 Å². The molecule has 0 radical (unpaired) electrons. The highest BCUT2D eigenvalue weighted by Gasteiger charge is 2.64. The first-order valence-electron chi connectivity index (χ1n) is 44.3. The number of hydrogen-bond acceptors (Lipinski definition) is 22. The lowest BCUT2D eigenvalue weighted by Gasteiger charge is -2.33. The van der Waals surface area contributed by atoms with Crippen LogP contribution in [0.5, 0.6) is 23.5 Å². The predicted octanol–water partition coefficient (Wildman–Crippen LogP) is 11.7. The minimum atomic E-state index is -6.11. The molecule has 6 fully saturated rings. The van der Waals surface area contributed by atoms with Crippen molar-refractivity contribution in [2.45, 2.75) is 243 Å². The summed E-state index contributed by atoms with van der Waals surface area (Å²) < 4.78 is 268. The van der Waals surface area contributed by atoms with Crippen LogP contribution in [0.2, 0.25) is 0 Å². The van der Waals surface area contributed by atoms with Gasteiger partial charge in [-0.25, -0.2) is 16.8 Å². The van der Waals surface area contributed by atoms with Gasteiger partial charge in [0, 0.05) is 42.1 Å². The van der Waals surface area contributed by atoms with Crippen molar-refractivity contribution in [1.82, 2.24) is 39.6 Å². The number of carbonyl (C=O) groups excluding carboxylic acids is 8. The number of nitrogens with zero attached hydrogens (tertiary/aromatic N) is 6. The van der Waals surface area contributed by atoms with E-state index in [2.05, 4.69) is 39.3 Å². The van der Waals surface area contributed by atoms with Gasteiger partial charge in [0.05, 0.1) is 106 Å². The highest BCUT2D eigenvalue weighted by Crippen LogP contribution is 2.59. The van der Waals surface area contributed by atoms with E-state index < -0.39 is 225 Å². The molecular weight excluding hydrogens is 1540 g/mol. The molecule has 8 aliphatic rings. The number of sulfonamides is 2. The number of halogens is 6. The molecule has 114 heavy (non-hydrogen) atoms. The topological polar surface area (TPSA) is 342 Å². The summed E-state index contributed by atoms with van der Waals surface area (Å²) in [4.78, 5) is 117. The SMILES string of the molecule is [2H]C([2H])([2H])C(OC(=O)C[C@@H]1C(=O)N2C[C@H](Oc3nnc(OCC)c4ccccc34)C[C@H]2C(=O)C[C@]2(C(=O)NS(=O)(=O)C3CC3)C[C@H]2/C=C\CC[C@H](C)C[C@H]1C)(C([2H])([2H])[2H])C(F)(F)F.[2H]C([2H])([2H])C(OC(=O)C[C@@H]1C(=O)N2C[C@H](Oc3nnc(OCC)c4ccccc34)C[C@H]2C(=O)C[C@]2(C(=O)NS(=O)(=O)C3CC3)C[C@H]2/C=C\CC[C@H](C)C[C@H]1C)(C([2H])([2H])[2H])C(F)(F)F. The fourth-order valence-corrected chi connectivity index (χ4v) is 18.7. The molecular formula is C80H102F6N8O18S2. The first kappa shape index (κ1) is 70.8. The lowest BCUT2D eigenvalue weighted by atomic mass is 9.82. The number of carbonyl (C=O) groups is 8. The van der Waals surface area contributed by atoms with Crippen LogP contribution in [0.3, 0.4) is 0 Å². The minimum Gasteiger partial charge on any atom is -0.476 e. The molecule has 624 valence electrons. The fourth-order valence-electron chi connectivity index (χ4n) is 16.0. The Bertz CT molecular complexity index is 4720. The molecule has 4 aliphatic heterocycles. The van der Waals surface area contributed by atoms with Crippen LogP contribution in [0, 0.1) is 58.2 Å². The molecule has 12 rings (SSSR count). The summed E-state index contributed by atoms with van der Waals surface area (Å²) in [7, 11) is -8.05. The number of nitrogens with one attached hydrogen (secondary N) is 2. The van der Waals surface area contributed by atoms with E-state index in [9.17, 15) is 81.5 Å². The van der Waals surface area contributed by atoms with Crippen LogP contribution >= 0.6 is 0 Å². The van der Waals surface area contributed by atoms with Crippen LogP contribution in [-0.2, 0) is 67.9 Å². The Balaban J connectivity index is 0.000000245. The van der Waals surface area contributed by atoms with Crippen LogP contribution in [0.15, 0.2) is 72.8 Å². The average Bonchev–Trinajstić information content (AvgIpc) is 1.09. The summed E-state index contributed by atoms with van der Waals surface area (Å²) in [6.45, 7) is -7.50. The van der Waals surface area contributed by atoms with Crippen LogP contribution < -0.4 is 28.4 Å². The minimum absolute atomic E-state index is 0.00959. The Hall–Kier alpha value is -8.56. The summed E-state index contributed by atoms with van der Waals surface area (Å²) in [6, 6.07) is 11.0. The predicted molar refractivity (Wildman–Crippen MR) is 402 cm³/mol. The normalized spacial score (nSPS) is 31.4. The Morgan fingerprint density at radius 2 is 0.868 bits per heavy atom. The van der Waals surface area contributed by atoms with Gasteiger partial charge in [0.1, 0.15) is 12.2 Å². The van der Waals surface area contributed by atoms with Gasteiger partial charge in [-0.1, -0.05) is 76.3 Å². The fraction of sp³-hybridized carbons (Fsp3) is 0.650. The molecule has 4 saturated carbocycles. The van der Waals surface area contributed by atoms with Gasteiger partial charge in [0.2, 0.25) is 78.4 Å². The second-order valence-corrected chi connectivity index (χ2v) is 35.6. The van der Waals surface area contributed by atoms with Crippen LogP contribution in [0.4, 0.5) is 26.3 Å². The van der Waals surface area contributed by atoms with Crippen molar-refractivity contribution in [2.75, 3.05) is 26.3 Å². The quantitative estimate of drug-likeness (QED) is 0.0471. The molecule has 14 atom stereocenters. The van der Waals surface area contributed by atoms with E-state index in [4.69, 9.17) is 35.4 Å². The number of Topliss-reactive ketones (excluding diaryl/α,β-unsaturated/α-hetero) is 2. The molecule has 2 N–H and O–H groups in total. The Morgan fingerprint density at radius 1 is 0.526 bits per heavy atom. The summed E-state index contributed by atoms with van der Waals surface area (Å²) in [5.74, 6) is -14.5. The molecule has 4 aliphatic carbocycles. The van der Waals surface area contributed by atoms with Crippen molar-refractivity contribution >= 4 is 88.7 Å². The van der Waals surface area contributed by atoms with Gasteiger partial charge in [0.15, 0.2) is 11.6 Å². The molecule has 2 aromatic carbocycles. The summed E-state index contributed by atoms with van der Waals surface area (Å²) in [6.07, 6.45) is -6.77. The highest BCUT2D eigenvalue weighted by molar-refractivity contribution is 7.91. The number of ketones is 2. The lowest BCUT2D eigenvalue weighted by Crippen LogP contribution is -2.48. The number of aromatic nitrogens is 4. The maximum atomic E-state index is 15.0. The zero-order chi connectivity index (χ0) is 93.0. The third-order valence-electron chi connectivity index (χ3n) is 22.8. The van der Waals surface area contributed by atoms with Crippen LogP contribution in [0.1, 0.15) is 201 Å². The van der Waals surface area contributed by atoms with Crippen molar-refractivity contribution in [3.8, 4) is 23.5 Å². The number of rotatable bonds is 20. The largest absolute Gasteiger partial charge is 0.476 e. The second-order valence-electron chi connectivity index (χ2n) is 31.7. The Kier molecular flexibility index (Phi) is 21.1. The van der Waals surface area contributed by atoms with Crippen molar-refractivity contribution in [2.24, 2.45) is 58.2 Å². The number of allylic oxidation sites excluding steroid dienone is 4. The number of esters is 2. The number of ether oxygens (including phenoxy) is 6. The van der Waals surface area contributed by atoms with E-state index in [0.717, 1.165) is 9.80 Å². The van der Waals surface area contributed by atoms with Gasteiger partial charge in [0.25, 0.3) is 0 Å². The number of fused-ring (bicyclic) bond motifs is 6. The molecule has 4 aromatic rings. The van der Waals surface area contributed by atoms with E-state index in [1.165, 1.54) is 0 Å². The standard InChI is InChI=1S/2C40H51F3N4O9S/c2*1-6-54-34-28-13-9-10-14-29(28)35(45-44-34)55-26-18-31-32(48)21-39(37(51)46-57(52,53)27-15-16-27)20-25(39)12-8-7-11-23(2)17-24(3)30(36(50)47(31)22-26)19-33(49)56-38(4,5)40(41,42)43/h2*8-10,12-14,23-27,30-31H,6-7,11,15-22H2,1-5H3,(H,46,51)/b2*12-8-/t2*23-,24+,25+,26+,30-,31-,39+/m00/s1/i2*4D3,5D3. The number of benzene rings is 2. The van der Waals surface area contributed by atoms with E-state index >= 15 is 0 Å². The molecule has 2 saturated heterocycles. The smallest absolute Gasteiger partial charge is 0.427 e. The third kappa shape index (κ3) is 19.6. The van der Waals surface area contributed by atoms with Crippen molar-refractivity contribution in [3.63, 3.8) is 0 Å². The molecule has 26 nitrogen and oxygen atoms in total. The van der Waals surface area contributed by atoms with E-state index in [-0.39, 0.29) is 100 Å². The zero-order valence-corrected chi connectivity index (χ0v) is 65.3. The Morgan fingerprint density at radius 3 is 1.19 bits per heavy atom. The first-order chi connectivity index (χ1) is 58.5. The highest BCUT2D eigenvalue weighted by atomic mass is 32.2. The monoisotopic (exact) mass is 1650 g/mol. The summed E-state index contributed by atoms with van der Waals surface area (Å²) in [5, 5.41) is 17.2.